The third-order valence-corrected chi connectivity index (χ3v) is 2.14. The molecular formula is C12H24N2O3. The summed E-state index contributed by atoms with van der Waals surface area (Å²) in [5, 5.41) is 2.54. The molecule has 0 aliphatic heterocycles. The van der Waals surface area contributed by atoms with Gasteiger partial charge in [-0.1, -0.05) is 13.8 Å². The number of nitrogens with two attached hydrogens (primary N) is 1. The van der Waals surface area contributed by atoms with Crippen molar-refractivity contribution in [2.75, 3.05) is 0 Å². The highest BCUT2D eigenvalue weighted by molar-refractivity contribution is 5.87. The fraction of sp³-hybridized carbons (Fsp3) is 0.833. The van der Waals surface area contributed by atoms with Crippen molar-refractivity contribution in [2.45, 2.75) is 59.2 Å². The zero-order valence-corrected chi connectivity index (χ0v) is 11.5. The number of carbonyl (C=O) groups is 2. The molecule has 0 radical (unpaired) electrons. The molecule has 5 heteroatoms. The van der Waals surface area contributed by atoms with Crippen LogP contribution in [0.5, 0.6) is 0 Å². The Kier molecular flexibility index (Phi) is 5.61. The average Bonchev–Trinajstić information content (AvgIpc) is 2.13. The molecule has 0 aromatic rings. The van der Waals surface area contributed by atoms with Crippen LogP contribution in [0, 0.1) is 5.92 Å². The van der Waals surface area contributed by atoms with Gasteiger partial charge >= 0.3 is 5.97 Å². The summed E-state index contributed by atoms with van der Waals surface area (Å²) in [5.74, 6) is -0.763. The van der Waals surface area contributed by atoms with Gasteiger partial charge in [-0.2, -0.15) is 0 Å². The summed E-state index contributed by atoms with van der Waals surface area (Å²) in [6, 6.07) is -1.30. The molecule has 0 aromatic heterocycles. The molecule has 3 N–H and O–H groups in total. The second kappa shape index (κ2) is 6.00. The number of hydrogen-bond acceptors (Lipinski definition) is 4. The first kappa shape index (κ1) is 15.9. The third kappa shape index (κ3) is 6.26. The summed E-state index contributed by atoms with van der Waals surface area (Å²) in [6.45, 7) is 10.6. The predicted octanol–water partition coefficient (Wildman–Crippen LogP) is 0.816. The molecule has 0 fully saturated rings. The van der Waals surface area contributed by atoms with Crippen LogP contribution in [0.4, 0.5) is 0 Å². The highest BCUT2D eigenvalue weighted by Gasteiger charge is 2.25. The maximum atomic E-state index is 11.6. The van der Waals surface area contributed by atoms with E-state index in [1.807, 2.05) is 13.8 Å². The van der Waals surface area contributed by atoms with Gasteiger partial charge in [-0.3, -0.25) is 4.79 Å². The number of carbonyl (C=O) groups excluding carboxylic acids is 2. The summed E-state index contributed by atoms with van der Waals surface area (Å²) in [4.78, 5) is 23.2. The molecule has 0 aliphatic rings. The topological polar surface area (TPSA) is 81.4 Å². The molecule has 0 saturated heterocycles. The summed E-state index contributed by atoms with van der Waals surface area (Å²) < 4.78 is 5.15. The van der Waals surface area contributed by atoms with E-state index in [1.165, 1.54) is 0 Å². The Morgan fingerprint density at radius 1 is 1.18 bits per heavy atom. The highest BCUT2D eigenvalue weighted by atomic mass is 16.6. The highest BCUT2D eigenvalue weighted by Crippen LogP contribution is 2.08. The molecule has 0 heterocycles. The molecule has 0 bridgehead atoms. The zero-order chi connectivity index (χ0) is 13.8. The van der Waals surface area contributed by atoms with Gasteiger partial charge in [0, 0.05) is 0 Å². The molecule has 0 spiro atoms. The molecule has 5 nitrogen and oxygen atoms in total. The average molecular weight is 244 g/mol. The van der Waals surface area contributed by atoms with Crippen molar-refractivity contribution >= 4 is 11.9 Å². The number of nitrogens with one attached hydrogen (secondary N) is 1. The minimum absolute atomic E-state index is 0.0286. The first-order valence-electron chi connectivity index (χ1n) is 5.83. The van der Waals surface area contributed by atoms with Gasteiger partial charge in [0.15, 0.2) is 0 Å². The second-order valence-electron chi connectivity index (χ2n) is 5.53. The Labute approximate surface area is 103 Å². The summed E-state index contributed by atoms with van der Waals surface area (Å²) in [5.41, 5.74) is 5.11. The minimum Gasteiger partial charge on any atom is -0.458 e. The largest absolute Gasteiger partial charge is 0.458 e. The molecule has 17 heavy (non-hydrogen) atoms. The van der Waals surface area contributed by atoms with Crippen LogP contribution in [0.25, 0.3) is 0 Å². The van der Waals surface area contributed by atoms with Crippen molar-refractivity contribution in [3.63, 3.8) is 0 Å². The van der Waals surface area contributed by atoms with Gasteiger partial charge in [-0.15, -0.1) is 0 Å². The SMILES string of the molecule is CC(C)C(N)C(=O)N[C@@H](C)C(=O)OC(C)(C)C. The molecule has 0 saturated carbocycles. The lowest BCUT2D eigenvalue weighted by Crippen LogP contribution is -2.50. The van der Waals surface area contributed by atoms with Gasteiger partial charge < -0.3 is 15.8 Å². The standard InChI is InChI=1S/C12H24N2O3/c1-7(2)9(13)10(15)14-8(3)11(16)17-12(4,5)6/h7-9H,13H2,1-6H3,(H,14,15)/t8-,9?/m0/s1. The van der Waals surface area contributed by atoms with E-state index in [2.05, 4.69) is 5.32 Å². The molecule has 0 aromatic carbocycles. The summed E-state index contributed by atoms with van der Waals surface area (Å²) in [6.07, 6.45) is 0. The Balaban J connectivity index is 4.31. The zero-order valence-electron chi connectivity index (χ0n) is 11.5. The van der Waals surface area contributed by atoms with E-state index in [0.29, 0.717) is 0 Å². The molecular weight excluding hydrogens is 220 g/mol. The number of hydrogen-bond donors (Lipinski definition) is 2. The van der Waals surface area contributed by atoms with Crippen molar-refractivity contribution in [3.8, 4) is 0 Å². The fourth-order valence-corrected chi connectivity index (χ4v) is 1.06. The maximum Gasteiger partial charge on any atom is 0.328 e. The monoisotopic (exact) mass is 244 g/mol. The van der Waals surface area contributed by atoms with Crippen molar-refractivity contribution in [1.82, 2.24) is 5.32 Å². The van der Waals surface area contributed by atoms with E-state index in [1.54, 1.807) is 27.7 Å². The van der Waals surface area contributed by atoms with Crippen LogP contribution < -0.4 is 11.1 Å². The van der Waals surface area contributed by atoms with Crippen LogP contribution in [0.15, 0.2) is 0 Å². The number of rotatable bonds is 4. The van der Waals surface area contributed by atoms with E-state index in [9.17, 15) is 9.59 Å². The lowest BCUT2D eigenvalue weighted by molar-refractivity contribution is -0.158. The van der Waals surface area contributed by atoms with E-state index in [-0.39, 0.29) is 11.8 Å². The van der Waals surface area contributed by atoms with Crippen LogP contribution in [-0.2, 0) is 14.3 Å². The number of esters is 1. The molecule has 1 amide bonds. The summed E-state index contributed by atoms with van der Waals surface area (Å²) in [7, 11) is 0. The predicted molar refractivity (Wildman–Crippen MR) is 66.3 cm³/mol. The first-order valence-corrected chi connectivity index (χ1v) is 5.83. The van der Waals surface area contributed by atoms with Gasteiger partial charge in [0.05, 0.1) is 6.04 Å². The van der Waals surface area contributed by atoms with Crippen LogP contribution >= 0.6 is 0 Å². The van der Waals surface area contributed by atoms with Crippen LogP contribution in [0.3, 0.4) is 0 Å². The lowest BCUT2D eigenvalue weighted by Gasteiger charge is -2.24. The van der Waals surface area contributed by atoms with Gasteiger partial charge in [-0.05, 0) is 33.6 Å². The van der Waals surface area contributed by atoms with E-state index in [0.717, 1.165) is 0 Å². The maximum absolute atomic E-state index is 11.6. The van der Waals surface area contributed by atoms with Gasteiger partial charge in [-0.25, -0.2) is 4.79 Å². The second-order valence-corrected chi connectivity index (χ2v) is 5.53. The number of amides is 1. The summed E-state index contributed by atoms with van der Waals surface area (Å²) >= 11 is 0. The quantitative estimate of drug-likeness (QED) is 0.717. The van der Waals surface area contributed by atoms with E-state index in [4.69, 9.17) is 10.5 Å². The molecule has 1 unspecified atom stereocenters. The Morgan fingerprint density at radius 3 is 2.00 bits per heavy atom. The number of ether oxygens (including phenoxy) is 1. The smallest absolute Gasteiger partial charge is 0.328 e. The molecule has 2 atom stereocenters. The van der Waals surface area contributed by atoms with E-state index < -0.39 is 23.7 Å². The van der Waals surface area contributed by atoms with Crippen molar-refractivity contribution < 1.29 is 14.3 Å². The van der Waals surface area contributed by atoms with Crippen LogP contribution in [-0.4, -0.2) is 29.6 Å². The molecule has 100 valence electrons. The van der Waals surface area contributed by atoms with Crippen LogP contribution in [0.1, 0.15) is 41.5 Å². The van der Waals surface area contributed by atoms with E-state index >= 15 is 0 Å². The molecule has 0 aliphatic carbocycles. The molecule has 0 rings (SSSR count). The third-order valence-electron chi connectivity index (χ3n) is 2.14. The van der Waals surface area contributed by atoms with Crippen molar-refractivity contribution in [2.24, 2.45) is 11.7 Å². The normalized spacial score (nSPS) is 15.3. The first-order chi connectivity index (χ1) is 7.54. The minimum atomic E-state index is -0.688. The van der Waals surface area contributed by atoms with Crippen molar-refractivity contribution in [1.29, 1.82) is 0 Å². The van der Waals surface area contributed by atoms with Gasteiger partial charge in [0.25, 0.3) is 0 Å². The lowest BCUT2D eigenvalue weighted by atomic mass is 10.0. The van der Waals surface area contributed by atoms with Gasteiger partial charge in [0.2, 0.25) is 5.91 Å². The fourth-order valence-electron chi connectivity index (χ4n) is 1.06. The van der Waals surface area contributed by atoms with Crippen LogP contribution in [0.2, 0.25) is 0 Å². The Bertz CT molecular complexity index is 282. The van der Waals surface area contributed by atoms with Crippen molar-refractivity contribution in [3.05, 3.63) is 0 Å². The van der Waals surface area contributed by atoms with Gasteiger partial charge in [0.1, 0.15) is 11.6 Å². The Hall–Kier alpha value is -1.10. The Morgan fingerprint density at radius 2 is 1.65 bits per heavy atom.